The van der Waals surface area contributed by atoms with Gasteiger partial charge in [0.25, 0.3) is 0 Å². The number of nitrogen functional groups attached to an aromatic ring is 1. The highest BCUT2D eigenvalue weighted by atomic mass is 19.4. The van der Waals surface area contributed by atoms with Crippen LogP contribution in [0.3, 0.4) is 0 Å². The smallest absolute Gasteiger partial charge is 0.397 e. The van der Waals surface area contributed by atoms with Gasteiger partial charge in [0.1, 0.15) is 6.54 Å². The summed E-state index contributed by atoms with van der Waals surface area (Å²) in [6, 6.07) is 1.12. The van der Waals surface area contributed by atoms with Crippen molar-refractivity contribution < 1.29 is 22.0 Å². The first kappa shape index (κ1) is 12.9. The van der Waals surface area contributed by atoms with E-state index in [9.17, 15) is 22.0 Å². The first-order valence-corrected chi connectivity index (χ1v) is 5.36. The van der Waals surface area contributed by atoms with Crippen LogP contribution in [0.1, 0.15) is 12.8 Å². The van der Waals surface area contributed by atoms with Gasteiger partial charge in [-0.3, -0.25) is 0 Å². The fourth-order valence-electron chi connectivity index (χ4n) is 1.79. The molecule has 2 rings (SSSR count). The van der Waals surface area contributed by atoms with Crippen LogP contribution >= 0.6 is 0 Å². The summed E-state index contributed by atoms with van der Waals surface area (Å²) in [7, 11) is 0. The van der Waals surface area contributed by atoms with Crippen molar-refractivity contribution in [1.29, 1.82) is 0 Å². The minimum Gasteiger partial charge on any atom is -0.397 e. The molecule has 1 aromatic rings. The van der Waals surface area contributed by atoms with E-state index in [2.05, 4.69) is 0 Å². The van der Waals surface area contributed by atoms with Gasteiger partial charge in [0.2, 0.25) is 0 Å². The Kier molecular flexibility index (Phi) is 3.08. The quantitative estimate of drug-likeness (QED) is 0.673. The van der Waals surface area contributed by atoms with Crippen molar-refractivity contribution in [3.8, 4) is 0 Å². The third-order valence-electron chi connectivity index (χ3n) is 2.72. The van der Waals surface area contributed by atoms with E-state index >= 15 is 0 Å². The maximum atomic E-state index is 13.1. The van der Waals surface area contributed by atoms with E-state index in [1.165, 1.54) is 0 Å². The van der Waals surface area contributed by atoms with Crippen LogP contribution in [0, 0.1) is 11.6 Å². The molecule has 0 unspecified atom stereocenters. The monoisotopic (exact) mass is 266 g/mol. The Morgan fingerprint density at radius 1 is 1.17 bits per heavy atom. The summed E-state index contributed by atoms with van der Waals surface area (Å²) < 4.78 is 63.3. The average Bonchev–Trinajstić information content (AvgIpc) is 3.02. The van der Waals surface area contributed by atoms with Crippen molar-refractivity contribution >= 4 is 11.4 Å². The highest BCUT2D eigenvalue weighted by Gasteiger charge is 2.39. The van der Waals surface area contributed by atoms with Gasteiger partial charge in [-0.25, -0.2) is 8.78 Å². The van der Waals surface area contributed by atoms with Crippen LogP contribution in [0.5, 0.6) is 0 Å². The molecule has 1 aliphatic carbocycles. The van der Waals surface area contributed by atoms with Crippen LogP contribution < -0.4 is 10.6 Å². The lowest BCUT2D eigenvalue weighted by Crippen LogP contribution is -2.36. The van der Waals surface area contributed by atoms with E-state index in [4.69, 9.17) is 5.73 Å². The van der Waals surface area contributed by atoms with E-state index in [-0.39, 0.29) is 17.4 Å². The number of nitrogens with two attached hydrogens (primary N) is 1. The Labute approximate surface area is 100 Å². The highest BCUT2D eigenvalue weighted by Crippen LogP contribution is 2.37. The lowest BCUT2D eigenvalue weighted by atomic mass is 10.2. The van der Waals surface area contributed by atoms with Crippen LogP contribution in [0.4, 0.5) is 33.3 Å². The first-order valence-electron chi connectivity index (χ1n) is 5.36. The third-order valence-corrected chi connectivity index (χ3v) is 2.72. The number of hydrogen-bond donors (Lipinski definition) is 1. The normalized spacial score (nSPS) is 15.8. The Balaban J connectivity index is 2.34. The second-order valence-electron chi connectivity index (χ2n) is 4.30. The van der Waals surface area contributed by atoms with Crippen molar-refractivity contribution in [2.75, 3.05) is 17.2 Å². The molecule has 0 atom stereocenters. The molecule has 1 saturated carbocycles. The Hall–Kier alpha value is -1.53. The van der Waals surface area contributed by atoms with Gasteiger partial charge in [-0.15, -0.1) is 0 Å². The number of hydrogen-bond acceptors (Lipinski definition) is 2. The van der Waals surface area contributed by atoms with Gasteiger partial charge in [-0.2, -0.15) is 13.2 Å². The van der Waals surface area contributed by atoms with Crippen LogP contribution in [0.2, 0.25) is 0 Å². The molecular formula is C11H11F5N2. The van der Waals surface area contributed by atoms with Crippen molar-refractivity contribution in [2.45, 2.75) is 25.1 Å². The second-order valence-corrected chi connectivity index (χ2v) is 4.30. The summed E-state index contributed by atoms with van der Waals surface area (Å²) in [6.45, 7) is -1.22. The van der Waals surface area contributed by atoms with Crippen molar-refractivity contribution in [3.63, 3.8) is 0 Å². The van der Waals surface area contributed by atoms with Gasteiger partial charge in [0.05, 0.1) is 11.4 Å². The molecule has 0 bridgehead atoms. The maximum Gasteiger partial charge on any atom is 0.405 e. The van der Waals surface area contributed by atoms with Crippen molar-refractivity contribution in [2.24, 2.45) is 0 Å². The lowest BCUT2D eigenvalue weighted by Gasteiger charge is -2.27. The fourth-order valence-corrected chi connectivity index (χ4v) is 1.79. The van der Waals surface area contributed by atoms with Crippen LogP contribution in [0.15, 0.2) is 12.1 Å². The molecule has 0 aromatic heterocycles. The summed E-state index contributed by atoms with van der Waals surface area (Å²) in [5, 5.41) is 0. The molecule has 1 aromatic carbocycles. The SMILES string of the molecule is Nc1cc(F)c(F)cc1N(CC(F)(F)F)C1CC1. The summed E-state index contributed by atoms with van der Waals surface area (Å²) in [4.78, 5) is 0.984. The molecule has 2 nitrogen and oxygen atoms in total. The molecule has 1 fully saturated rings. The molecule has 100 valence electrons. The Morgan fingerprint density at radius 3 is 2.22 bits per heavy atom. The molecule has 0 saturated heterocycles. The molecular weight excluding hydrogens is 255 g/mol. The van der Waals surface area contributed by atoms with Crippen molar-refractivity contribution in [1.82, 2.24) is 0 Å². The number of rotatable bonds is 3. The number of anilines is 2. The minimum absolute atomic E-state index is 0.103. The van der Waals surface area contributed by atoms with Gasteiger partial charge >= 0.3 is 6.18 Å². The number of alkyl halides is 3. The van der Waals surface area contributed by atoms with Crippen LogP contribution in [-0.4, -0.2) is 18.8 Å². The molecule has 7 heteroatoms. The van der Waals surface area contributed by atoms with E-state index in [1.807, 2.05) is 0 Å². The van der Waals surface area contributed by atoms with Gasteiger partial charge in [-0.05, 0) is 12.8 Å². The summed E-state index contributed by atoms with van der Waals surface area (Å²) in [5.41, 5.74) is 5.17. The topological polar surface area (TPSA) is 29.3 Å². The van der Waals surface area contributed by atoms with Gasteiger partial charge in [0.15, 0.2) is 11.6 Å². The Bertz CT molecular complexity index is 453. The van der Waals surface area contributed by atoms with E-state index in [1.54, 1.807) is 0 Å². The van der Waals surface area contributed by atoms with Gasteiger partial charge in [-0.1, -0.05) is 0 Å². The first-order chi connectivity index (χ1) is 8.28. The number of halogens is 5. The summed E-state index contributed by atoms with van der Waals surface area (Å²) in [5.74, 6) is -2.37. The zero-order valence-electron chi connectivity index (χ0n) is 9.27. The molecule has 2 N–H and O–H groups in total. The average molecular weight is 266 g/mol. The van der Waals surface area contributed by atoms with E-state index in [0.717, 1.165) is 4.90 Å². The predicted octanol–water partition coefficient (Wildman–Crippen LogP) is 3.08. The molecule has 0 heterocycles. The van der Waals surface area contributed by atoms with Crippen molar-refractivity contribution in [3.05, 3.63) is 23.8 Å². The predicted molar refractivity (Wildman–Crippen MR) is 57.2 cm³/mol. The standard InChI is InChI=1S/C11H11F5N2/c12-7-3-9(17)10(4-8(7)13)18(6-1-2-6)5-11(14,15)16/h3-4,6H,1-2,5,17H2. The van der Waals surface area contributed by atoms with Crippen LogP contribution in [0.25, 0.3) is 0 Å². The zero-order valence-corrected chi connectivity index (χ0v) is 9.27. The molecule has 0 spiro atoms. The van der Waals surface area contributed by atoms with Gasteiger partial charge < -0.3 is 10.6 Å². The summed E-state index contributed by atoms with van der Waals surface area (Å²) in [6.07, 6.45) is -3.23. The van der Waals surface area contributed by atoms with E-state index < -0.39 is 24.4 Å². The highest BCUT2D eigenvalue weighted by molar-refractivity contribution is 5.68. The third kappa shape index (κ3) is 2.83. The second kappa shape index (κ2) is 4.29. The fraction of sp³-hybridized carbons (Fsp3) is 0.455. The zero-order chi connectivity index (χ0) is 13.5. The minimum atomic E-state index is -4.42. The molecule has 0 amide bonds. The molecule has 1 aliphatic rings. The summed E-state index contributed by atoms with van der Waals surface area (Å²) >= 11 is 0. The van der Waals surface area contributed by atoms with Gasteiger partial charge in [0, 0.05) is 18.2 Å². The lowest BCUT2D eigenvalue weighted by molar-refractivity contribution is -0.119. The Morgan fingerprint density at radius 2 is 1.72 bits per heavy atom. The van der Waals surface area contributed by atoms with E-state index in [0.29, 0.717) is 25.0 Å². The largest absolute Gasteiger partial charge is 0.405 e. The maximum absolute atomic E-state index is 13.1. The van der Waals surface area contributed by atoms with Crippen LogP contribution in [-0.2, 0) is 0 Å². The number of benzene rings is 1. The molecule has 18 heavy (non-hydrogen) atoms. The molecule has 0 radical (unpaired) electrons. The molecule has 0 aliphatic heterocycles. The number of nitrogens with zero attached hydrogens (tertiary/aromatic N) is 1.